The fourth-order valence-corrected chi connectivity index (χ4v) is 3.36. The molecule has 4 heteroatoms. The summed E-state index contributed by atoms with van der Waals surface area (Å²) in [5.41, 5.74) is 3.29. The number of thioether (sulfide) groups is 1. The Morgan fingerprint density at radius 1 is 1.14 bits per heavy atom. The first-order valence-electron chi connectivity index (χ1n) is 6.98. The molecule has 0 saturated carbocycles. The van der Waals surface area contributed by atoms with Gasteiger partial charge in [0.15, 0.2) is 5.78 Å². The van der Waals surface area contributed by atoms with Crippen molar-refractivity contribution < 1.29 is 9.59 Å². The molecule has 1 heterocycles. The molecule has 2 aromatic carbocycles. The Bertz CT molecular complexity index is 763. The molecular weight excluding hydrogens is 294 g/mol. The molecule has 1 N–H and O–H groups in total. The summed E-state index contributed by atoms with van der Waals surface area (Å²) < 4.78 is 0. The molecule has 1 aliphatic rings. The van der Waals surface area contributed by atoms with Crippen molar-refractivity contribution in [2.24, 2.45) is 0 Å². The van der Waals surface area contributed by atoms with Crippen LogP contribution in [0.5, 0.6) is 0 Å². The summed E-state index contributed by atoms with van der Waals surface area (Å²) in [4.78, 5) is 24.5. The Morgan fingerprint density at radius 2 is 1.86 bits per heavy atom. The zero-order valence-corrected chi connectivity index (χ0v) is 12.9. The molecule has 0 aliphatic carbocycles. The van der Waals surface area contributed by atoms with Gasteiger partial charge in [-0.05, 0) is 35.9 Å². The van der Waals surface area contributed by atoms with Crippen LogP contribution < -0.4 is 5.32 Å². The zero-order valence-electron chi connectivity index (χ0n) is 12.1. The summed E-state index contributed by atoms with van der Waals surface area (Å²) in [6.45, 7) is 1.48. The van der Waals surface area contributed by atoms with E-state index in [1.54, 1.807) is 11.8 Å². The fraction of sp³-hybridized carbons (Fsp3) is 0.111. The number of hydrogen-bond donors (Lipinski definition) is 1. The van der Waals surface area contributed by atoms with Crippen LogP contribution in [0.4, 0.5) is 5.69 Å². The van der Waals surface area contributed by atoms with Gasteiger partial charge in [-0.25, -0.2) is 0 Å². The van der Waals surface area contributed by atoms with E-state index in [1.165, 1.54) is 6.92 Å². The monoisotopic (exact) mass is 309 g/mol. The molecular formula is C18H15NO2S. The summed E-state index contributed by atoms with van der Waals surface area (Å²) in [6.07, 6.45) is 1.92. The van der Waals surface area contributed by atoms with Gasteiger partial charge in [0, 0.05) is 34.4 Å². The van der Waals surface area contributed by atoms with Gasteiger partial charge in [-0.2, -0.15) is 0 Å². The van der Waals surface area contributed by atoms with Gasteiger partial charge >= 0.3 is 0 Å². The van der Waals surface area contributed by atoms with Crippen molar-refractivity contribution in [2.45, 2.75) is 11.8 Å². The van der Waals surface area contributed by atoms with E-state index < -0.39 is 0 Å². The van der Waals surface area contributed by atoms with Gasteiger partial charge in [0.05, 0.1) is 0 Å². The Balaban J connectivity index is 1.84. The average molecular weight is 309 g/mol. The van der Waals surface area contributed by atoms with Crippen LogP contribution in [0.3, 0.4) is 0 Å². The van der Waals surface area contributed by atoms with Crippen LogP contribution in [-0.2, 0) is 4.79 Å². The van der Waals surface area contributed by atoms with E-state index in [0.29, 0.717) is 5.75 Å². The number of Topliss-reactive ketones (excluding diaryl/α,β-unsaturated/α-hetero) is 1. The fourth-order valence-electron chi connectivity index (χ4n) is 2.35. The molecule has 0 spiro atoms. The minimum absolute atomic E-state index is 0.0958. The Labute approximate surface area is 133 Å². The van der Waals surface area contributed by atoms with Crippen LogP contribution in [-0.4, -0.2) is 17.4 Å². The second-order valence-corrected chi connectivity index (χ2v) is 6.10. The van der Waals surface area contributed by atoms with E-state index in [9.17, 15) is 9.59 Å². The standard InChI is InChI=1S/C18H15NO2S/c1-12(20)19-15-8-6-13(7-9-15)10-14-11-22-17-5-3-2-4-16(17)18(14)21/h2-10H,11H2,1H3,(H,19,20). The highest BCUT2D eigenvalue weighted by molar-refractivity contribution is 7.99. The second kappa shape index (κ2) is 6.20. The Morgan fingerprint density at radius 3 is 2.59 bits per heavy atom. The van der Waals surface area contributed by atoms with Crippen molar-refractivity contribution in [1.82, 2.24) is 0 Å². The van der Waals surface area contributed by atoms with E-state index in [1.807, 2.05) is 54.6 Å². The van der Waals surface area contributed by atoms with E-state index >= 15 is 0 Å². The predicted molar refractivity (Wildman–Crippen MR) is 90.2 cm³/mol. The first-order chi connectivity index (χ1) is 10.6. The molecule has 3 rings (SSSR count). The number of carbonyl (C=O) groups is 2. The highest BCUT2D eigenvalue weighted by Gasteiger charge is 2.21. The summed E-state index contributed by atoms with van der Waals surface area (Å²) >= 11 is 1.69. The van der Waals surface area contributed by atoms with Crippen molar-refractivity contribution in [2.75, 3.05) is 11.1 Å². The predicted octanol–water partition coefficient (Wildman–Crippen LogP) is 4.02. The molecule has 0 saturated heterocycles. The smallest absolute Gasteiger partial charge is 0.221 e. The van der Waals surface area contributed by atoms with E-state index in [2.05, 4.69) is 5.32 Å². The minimum Gasteiger partial charge on any atom is -0.326 e. The normalized spacial score (nSPS) is 15.5. The molecule has 0 fully saturated rings. The number of hydrogen-bond acceptors (Lipinski definition) is 3. The molecule has 2 aromatic rings. The van der Waals surface area contributed by atoms with Gasteiger partial charge in [0.2, 0.25) is 5.91 Å². The number of benzene rings is 2. The summed E-state index contributed by atoms with van der Waals surface area (Å²) in [6, 6.07) is 15.2. The number of carbonyl (C=O) groups excluding carboxylic acids is 2. The lowest BCUT2D eigenvalue weighted by Gasteiger charge is -2.16. The van der Waals surface area contributed by atoms with E-state index in [4.69, 9.17) is 0 Å². The number of rotatable bonds is 2. The maximum Gasteiger partial charge on any atom is 0.221 e. The topological polar surface area (TPSA) is 46.2 Å². The van der Waals surface area contributed by atoms with Crippen LogP contribution in [0, 0.1) is 0 Å². The average Bonchev–Trinajstić information content (AvgIpc) is 2.52. The van der Waals surface area contributed by atoms with Crippen molar-refractivity contribution in [3.63, 3.8) is 0 Å². The molecule has 110 valence electrons. The molecule has 0 bridgehead atoms. The number of amides is 1. The van der Waals surface area contributed by atoms with Crippen molar-refractivity contribution in [1.29, 1.82) is 0 Å². The van der Waals surface area contributed by atoms with E-state index in [-0.39, 0.29) is 11.7 Å². The van der Waals surface area contributed by atoms with Gasteiger partial charge in [0.1, 0.15) is 0 Å². The van der Waals surface area contributed by atoms with Gasteiger partial charge < -0.3 is 5.32 Å². The Hall–Kier alpha value is -2.33. The van der Waals surface area contributed by atoms with Crippen molar-refractivity contribution >= 4 is 35.2 Å². The molecule has 3 nitrogen and oxygen atoms in total. The third-order valence-corrected chi connectivity index (χ3v) is 4.50. The van der Waals surface area contributed by atoms with Crippen LogP contribution >= 0.6 is 11.8 Å². The molecule has 0 atom stereocenters. The largest absolute Gasteiger partial charge is 0.326 e. The third-order valence-electron chi connectivity index (χ3n) is 3.38. The van der Waals surface area contributed by atoms with Gasteiger partial charge in [-0.1, -0.05) is 24.3 Å². The van der Waals surface area contributed by atoms with E-state index in [0.717, 1.165) is 27.3 Å². The quantitative estimate of drug-likeness (QED) is 0.852. The lowest BCUT2D eigenvalue weighted by molar-refractivity contribution is -0.114. The number of ketones is 1. The summed E-state index contributed by atoms with van der Waals surface area (Å²) in [7, 11) is 0. The molecule has 0 radical (unpaired) electrons. The summed E-state index contributed by atoms with van der Waals surface area (Å²) in [5.74, 6) is 0.686. The van der Waals surface area contributed by atoms with Crippen LogP contribution in [0.15, 0.2) is 59.0 Å². The highest BCUT2D eigenvalue weighted by atomic mass is 32.2. The molecule has 0 aromatic heterocycles. The number of fused-ring (bicyclic) bond motifs is 1. The first-order valence-corrected chi connectivity index (χ1v) is 7.97. The van der Waals surface area contributed by atoms with Crippen LogP contribution in [0.1, 0.15) is 22.8 Å². The first kappa shape index (κ1) is 14.6. The maximum absolute atomic E-state index is 12.5. The Kier molecular flexibility index (Phi) is 4.11. The molecule has 0 unspecified atom stereocenters. The van der Waals surface area contributed by atoms with Gasteiger partial charge in [-0.15, -0.1) is 11.8 Å². The third kappa shape index (κ3) is 3.12. The van der Waals surface area contributed by atoms with Crippen LogP contribution in [0.25, 0.3) is 6.08 Å². The molecule has 1 amide bonds. The lowest BCUT2D eigenvalue weighted by atomic mass is 10.0. The molecule has 1 aliphatic heterocycles. The number of nitrogens with one attached hydrogen (secondary N) is 1. The SMILES string of the molecule is CC(=O)Nc1ccc(C=C2CSc3ccccc3C2=O)cc1. The lowest BCUT2D eigenvalue weighted by Crippen LogP contribution is -2.12. The highest BCUT2D eigenvalue weighted by Crippen LogP contribution is 2.33. The molecule has 22 heavy (non-hydrogen) atoms. The number of anilines is 1. The van der Waals surface area contributed by atoms with Crippen molar-refractivity contribution in [3.8, 4) is 0 Å². The van der Waals surface area contributed by atoms with Gasteiger partial charge in [-0.3, -0.25) is 9.59 Å². The summed E-state index contributed by atoms with van der Waals surface area (Å²) in [5, 5.41) is 2.73. The minimum atomic E-state index is -0.0958. The van der Waals surface area contributed by atoms with Crippen LogP contribution in [0.2, 0.25) is 0 Å². The van der Waals surface area contributed by atoms with Gasteiger partial charge in [0.25, 0.3) is 0 Å². The zero-order chi connectivity index (χ0) is 15.5. The second-order valence-electron chi connectivity index (χ2n) is 5.09. The maximum atomic E-state index is 12.5. The van der Waals surface area contributed by atoms with Crippen molar-refractivity contribution in [3.05, 3.63) is 65.2 Å².